The lowest BCUT2D eigenvalue weighted by atomic mass is 10.1. The average molecular weight is 433 g/mol. The Labute approximate surface area is 172 Å². The van der Waals surface area contributed by atoms with Crippen molar-refractivity contribution < 1.29 is 9.53 Å². The molecule has 3 aromatic rings. The molecule has 138 valence electrons. The van der Waals surface area contributed by atoms with Gasteiger partial charge in [0.25, 0.3) is 5.91 Å². The Hall–Kier alpha value is -3.36. The normalized spacial score (nSPS) is 10.8. The maximum absolute atomic E-state index is 12.4. The molecule has 28 heavy (non-hydrogen) atoms. The zero-order valence-electron chi connectivity index (χ0n) is 14.9. The lowest BCUT2D eigenvalue weighted by Gasteiger charge is -2.11. The van der Waals surface area contributed by atoms with Crippen LogP contribution in [-0.4, -0.2) is 5.91 Å². The fourth-order valence-electron chi connectivity index (χ4n) is 2.53. The predicted octanol–water partition coefficient (Wildman–Crippen LogP) is 5.57. The number of nitrogens with zero attached hydrogens (tertiary/aromatic N) is 1. The summed E-state index contributed by atoms with van der Waals surface area (Å²) in [5, 5.41) is 12.2. The summed E-state index contributed by atoms with van der Waals surface area (Å²) in [5.41, 5.74) is 2.30. The summed E-state index contributed by atoms with van der Waals surface area (Å²) in [7, 11) is 0. The first-order valence-corrected chi connectivity index (χ1v) is 9.40. The third kappa shape index (κ3) is 5.09. The molecule has 5 heteroatoms. The number of ether oxygens (including phenoxy) is 1. The number of para-hydroxylation sites is 2. The number of halogens is 1. The van der Waals surface area contributed by atoms with Crippen molar-refractivity contribution >= 4 is 33.6 Å². The van der Waals surface area contributed by atoms with Crippen LogP contribution in [0.5, 0.6) is 5.75 Å². The van der Waals surface area contributed by atoms with Gasteiger partial charge in [-0.05, 0) is 30.3 Å². The van der Waals surface area contributed by atoms with Crippen LogP contribution in [-0.2, 0) is 11.4 Å². The fourth-order valence-corrected chi connectivity index (χ4v) is 2.93. The van der Waals surface area contributed by atoms with Crippen molar-refractivity contribution in [3.8, 4) is 11.8 Å². The number of hydrogen-bond acceptors (Lipinski definition) is 3. The Morgan fingerprint density at radius 2 is 1.68 bits per heavy atom. The van der Waals surface area contributed by atoms with Gasteiger partial charge in [-0.15, -0.1) is 0 Å². The highest BCUT2D eigenvalue weighted by atomic mass is 79.9. The van der Waals surface area contributed by atoms with Crippen LogP contribution in [0.3, 0.4) is 0 Å². The zero-order chi connectivity index (χ0) is 19.8. The molecule has 0 atom stereocenters. The van der Waals surface area contributed by atoms with E-state index in [2.05, 4.69) is 21.2 Å². The van der Waals surface area contributed by atoms with Gasteiger partial charge in [0, 0.05) is 21.3 Å². The summed E-state index contributed by atoms with van der Waals surface area (Å²) in [5.74, 6) is 0.132. The zero-order valence-corrected chi connectivity index (χ0v) is 16.5. The minimum atomic E-state index is -0.464. The van der Waals surface area contributed by atoms with Crippen LogP contribution in [0.1, 0.15) is 11.1 Å². The third-order valence-corrected chi connectivity index (χ3v) is 4.73. The molecule has 0 fully saturated rings. The highest BCUT2D eigenvalue weighted by molar-refractivity contribution is 9.10. The van der Waals surface area contributed by atoms with Crippen LogP contribution in [0.15, 0.2) is 88.9 Å². The van der Waals surface area contributed by atoms with Gasteiger partial charge in [0.2, 0.25) is 0 Å². The number of hydrogen-bond donors (Lipinski definition) is 1. The second-order valence-corrected chi connectivity index (χ2v) is 6.76. The van der Waals surface area contributed by atoms with Gasteiger partial charge in [-0.2, -0.15) is 5.26 Å². The molecule has 0 spiro atoms. The molecule has 0 aromatic heterocycles. The first-order valence-electron chi connectivity index (χ1n) is 8.61. The molecule has 0 aliphatic rings. The number of rotatable bonds is 6. The fraction of sp³-hybridized carbons (Fsp3) is 0.0435. The van der Waals surface area contributed by atoms with Crippen LogP contribution in [0.25, 0.3) is 6.08 Å². The predicted molar refractivity (Wildman–Crippen MR) is 114 cm³/mol. The van der Waals surface area contributed by atoms with Gasteiger partial charge in [-0.3, -0.25) is 4.79 Å². The Bertz CT molecular complexity index is 1040. The highest BCUT2D eigenvalue weighted by Gasteiger charge is 2.11. The lowest BCUT2D eigenvalue weighted by Crippen LogP contribution is -2.13. The maximum atomic E-state index is 12.4. The monoisotopic (exact) mass is 432 g/mol. The number of carbonyl (C=O) groups excluding carboxylic acids is 1. The van der Waals surface area contributed by atoms with Crippen molar-refractivity contribution in [2.45, 2.75) is 6.61 Å². The van der Waals surface area contributed by atoms with E-state index in [4.69, 9.17) is 4.74 Å². The minimum Gasteiger partial charge on any atom is -0.488 e. The number of nitrogens with one attached hydrogen (secondary N) is 1. The molecule has 1 N–H and O–H groups in total. The number of benzene rings is 3. The van der Waals surface area contributed by atoms with E-state index >= 15 is 0 Å². The van der Waals surface area contributed by atoms with E-state index in [-0.39, 0.29) is 5.57 Å². The topological polar surface area (TPSA) is 62.1 Å². The summed E-state index contributed by atoms with van der Waals surface area (Å²) in [4.78, 5) is 12.4. The second-order valence-electron chi connectivity index (χ2n) is 5.91. The molecule has 0 saturated carbocycles. The molecule has 0 bridgehead atoms. The summed E-state index contributed by atoms with van der Waals surface area (Å²) in [6.45, 7) is 0.365. The molecule has 0 heterocycles. The summed E-state index contributed by atoms with van der Waals surface area (Å²) >= 11 is 3.50. The molecule has 3 rings (SSSR count). The van der Waals surface area contributed by atoms with E-state index in [0.29, 0.717) is 23.6 Å². The molecule has 0 aliphatic heterocycles. The largest absolute Gasteiger partial charge is 0.488 e. The van der Waals surface area contributed by atoms with Crippen LogP contribution < -0.4 is 10.1 Å². The average Bonchev–Trinajstić information content (AvgIpc) is 2.73. The van der Waals surface area contributed by atoms with Crippen molar-refractivity contribution in [2.75, 3.05) is 5.32 Å². The van der Waals surface area contributed by atoms with Crippen LogP contribution in [0.4, 0.5) is 5.69 Å². The van der Waals surface area contributed by atoms with Crippen LogP contribution in [0.2, 0.25) is 0 Å². The van der Waals surface area contributed by atoms with Crippen LogP contribution >= 0.6 is 15.9 Å². The second kappa shape index (κ2) is 9.54. The van der Waals surface area contributed by atoms with Gasteiger partial charge in [-0.1, -0.05) is 70.5 Å². The van der Waals surface area contributed by atoms with Gasteiger partial charge < -0.3 is 10.1 Å². The van der Waals surface area contributed by atoms with E-state index in [0.717, 1.165) is 10.0 Å². The Kier molecular flexibility index (Phi) is 6.61. The van der Waals surface area contributed by atoms with Crippen molar-refractivity contribution in [3.63, 3.8) is 0 Å². The quantitative estimate of drug-likeness (QED) is 0.408. The molecular formula is C23H17BrN2O2. The first kappa shape index (κ1) is 19.4. The summed E-state index contributed by atoms with van der Waals surface area (Å²) in [6.07, 6.45) is 1.54. The molecule has 4 nitrogen and oxygen atoms in total. The molecular weight excluding hydrogens is 416 g/mol. The summed E-state index contributed by atoms with van der Waals surface area (Å²) < 4.78 is 6.89. The Morgan fingerprint density at radius 1 is 1.00 bits per heavy atom. The van der Waals surface area contributed by atoms with Crippen molar-refractivity contribution in [3.05, 3.63) is 100 Å². The molecule has 3 aromatic carbocycles. The molecule has 1 amide bonds. The number of nitriles is 1. The number of anilines is 1. The van der Waals surface area contributed by atoms with E-state index in [1.807, 2.05) is 72.8 Å². The molecule has 0 saturated heterocycles. The van der Waals surface area contributed by atoms with Gasteiger partial charge in [0.05, 0.1) is 0 Å². The van der Waals surface area contributed by atoms with Crippen molar-refractivity contribution in [1.82, 2.24) is 0 Å². The molecule has 0 radical (unpaired) electrons. The first-order chi connectivity index (χ1) is 13.7. The van der Waals surface area contributed by atoms with Gasteiger partial charge in [0.1, 0.15) is 24.0 Å². The summed E-state index contributed by atoms with van der Waals surface area (Å²) in [6, 6.07) is 26.1. The molecule has 0 unspecified atom stereocenters. The highest BCUT2D eigenvalue weighted by Crippen LogP contribution is 2.24. The van der Waals surface area contributed by atoms with Gasteiger partial charge in [-0.25, -0.2) is 0 Å². The van der Waals surface area contributed by atoms with Crippen LogP contribution in [0, 0.1) is 11.3 Å². The van der Waals surface area contributed by atoms with E-state index in [1.165, 1.54) is 6.08 Å². The number of carbonyl (C=O) groups is 1. The number of amides is 1. The standard InChI is InChI=1S/C23H17BrN2O2/c24-21-12-6-4-9-18(21)16-28-22-13-7-5-8-17(22)14-19(15-25)23(27)26-20-10-2-1-3-11-20/h1-14H,16H2,(H,26,27)/b19-14+. The smallest absolute Gasteiger partial charge is 0.266 e. The SMILES string of the molecule is N#C/C(=C\c1ccccc1OCc1ccccc1Br)C(=O)Nc1ccccc1. The maximum Gasteiger partial charge on any atom is 0.266 e. The van der Waals surface area contributed by atoms with Crippen molar-refractivity contribution in [1.29, 1.82) is 5.26 Å². The lowest BCUT2D eigenvalue weighted by molar-refractivity contribution is -0.112. The Balaban J connectivity index is 1.79. The van der Waals surface area contributed by atoms with Crippen molar-refractivity contribution in [2.24, 2.45) is 0 Å². The Morgan fingerprint density at radius 3 is 2.43 bits per heavy atom. The third-order valence-electron chi connectivity index (χ3n) is 3.96. The van der Waals surface area contributed by atoms with E-state index < -0.39 is 5.91 Å². The van der Waals surface area contributed by atoms with Gasteiger partial charge in [0.15, 0.2) is 0 Å². The minimum absolute atomic E-state index is 0.000736. The molecule has 0 aliphatic carbocycles. The van der Waals surface area contributed by atoms with Gasteiger partial charge >= 0.3 is 0 Å². The van der Waals surface area contributed by atoms with E-state index in [1.54, 1.807) is 12.1 Å². The van der Waals surface area contributed by atoms with E-state index in [9.17, 15) is 10.1 Å².